The number of hydrogen-bond acceptors (Lipinski definition) is 2. The van der Waals surface area contributed by atoms with Gasteiger partial charge in [-0.15, -0.1) is 0 Å². The van der Waals surface area contributed by atoms with Crippen LogP contribution in [0.4, 0.5) is 0 Å². The van der Waals surface area contributed by atoms with Crippen molar-refractivity contribution in [3.63, 3.8) is 0 Å². The largest absolute Gasteiger partial charge is 0.275 e. The smallest absolute Gasteiger partial charge is 0.247 e. The first-order valence-corrected chi connectivity index (χ1v) is 6.78. The fraction of sp³-hybridized carbons (Fsp3) is 0.917. The maximum Gasteiger partial charge on any atom is 0.247 e. The van der Waals surface area contributed by atoms with Crippen LogP contribution in [0.25, 0.3) is 0 Å². The third kappa shape index (κ3) is 3.45. The summed E-state index contributed by atoms with van der Waals surface area (Å²) in [6.07, 6.45) is 6.58. The topological polar surface area (TPSA) is 29.5 Å². The highest BCUT2D eigenvalue weighted by Gasteiger charge is 2.37. The lowest BCUT2D eigenvalue weighted by Crippen LogP contribution is -2.37. The van der Waals surface area contributed by atoms with Crippen molar-refractivity contribution in [2.24, 2.45) is 5.92 Å². The summed E-state index contributed by atoms with van der Waals surface area (Å²) in [6, 6.07) is 0. The molecule has 1 amide bonds. The van der Waals surface area contributed by atoms with Crippen LogP contribution in [0.15, 0.2) is 0 Å². The summed E-state index contributed by atoms with van der Waals surface area (Å²) < 4.78 is -0.0344. The highest BCUT2D eigenvalue weighted by Crippen LogP contribution is 2.42. The number of nitrogens with zero attached hydrogens (tertiary/aromatic N) is 1. The predicted octanol–water partition coefficient (Wildman–Crippen LogP) is 3.13. The van der Waals surface area contributed by atoms with Crippen molar-refractivity contribution in [1.82, 2.24) is 5.06 Å². The molecule has 1 fully saturated rings. The SMILES string of the molecule is CON(C)C(=O)CC1(Br)CCCCCC1C. The lowest BCUT2D eigenvalue weighted by molar-refractivity contribution is -0.169. The third-order valence-electron chi connectivity index (χ3n) is 3.68. The molecule has 2 unspecified atom stereocenters. The van der Waals surface area contributed by atoms with Crippen LogP contribution in [0, 0.1) is 5.92 Å². The molecule has 0 saturated heterocycles. The summed E-state index contributed by atoms with van der Waals surface area (Å²) in [5, 5.41) is 1.32. The number of halogens is 1. The monoisotopic (exact) mass is 291 g/mol. The van der Waals surface area contributed by atoms with Gasteiger partial charge in [-0.3, -0.25) is 9.63 Å². The Morgan fingerprint density at radius 1 is 1.50 bits per heavy atom. The summed E-state index contributed by atoms with van der Waals surface area (Å²) in [4.78, 5) is 16.8. The van der Waals surface area contributed by atoms with Crippen molar-refractivity contribution in [2.45, 2.75) is 49.8 Å². The Bertz CT molecular complexity index is 247. The lowest BCUT2D eigenvalue weighted by atomic mass is 9.86. The maximum atomic E-state index is 11.9. The number of carbonyl (C=O) groups excluding carboxylic acids is 1. The van der Waals surface area contributed by atoms with E-state index in [9.17, 15) is 4.79 Å². The Kier molecular flexibility index (Phi) is 5.25. The first-order chi connectivity index (χ1) is 7.49. The van der Waals surface area contributed by atoms with E-state index >= 15 is 0 Å². The van der Waals surface area contributed by atoms with Gasteiger partial charge in [0.1, 0.15) is 0 Å². The van der Waals surface area contributed by atoms with E-state index in [-0.39, 0.29) is 10.2 Å². The highest BCUT2D eigenvalue weighted by atomic mass is 79.9. The van der Waals surface area contributed by atoms with Crippen molar-refractivity contribution in [3.8, 4) is 0 Å². The van der Waals surface area contributed by atoms with Crippen LogP contribution in [-0.4, -0.2) is 29.5 Å². The molecular weight excluding hydrogens is 270 g/mol. The van der Waals surface area contributed by atoms with Gasteiger partial charge in [-0.25, -0.2) is 5.06 Å². The molecule has 0 aromatic carbocycles. The molecule has 0 spiro atoms. The second kappa shape index (κ2) is 6.01. The maximum absolute atomic E-state index is 11.9. The molecule has 3 nitrogen and oxygen atoms in total. The standard InChI is InChI=1S/C12H22BrNO2/c1-10-7-5-4-6-8-12(10,13)9-11(15)14(2)16-3/h10H,4-9H2,1-3H3. The minimum atomic E-state index is -0.0344. The molecule has 0 aromatic heterocycles. The molecule has 0 heterocycles. The number of carbonyl (C=O) groups is 1. The lowest BCUT2D eigenvalue weighted by Gasteiger charge is -2.32. The van der Waals surface area contributed by atoms with Gasteiger partial charge in [0.2, 0.25) is 5.91 Å². The molecule has 1 rings (SSSR count). The number of alkyl halides is 1. The van der Waals surface area contributed by atoms with E-state index in [1.807, 2.05) is 0 Å². The van der Waals surface area contributed by atoms with Crippen LogP contribution < -0.4 is 0 Å². The summed E-state index contributed by atoms with van der Waals surface area (Å²) in [6.45, 7) is 2.24. The van der Waals surface area contributed by atoms with Crippen LogP contribution in [0.2, 0.25) is 0 Å². The van der Waals surface area contributed by atoms with Crippen molar-refractivity contribution in [3.05, 3.63) is 0 Å². The molecule has 94 valence electrons. The predicted molar refractivity (Wildman–Crippen MR) is 68.3 cm³/mol. The molecular formula is C12H22BrNO2. The number of hydrogen-bond donors (Lipinski definition) is 0. The molecule has 4 heteroatoms. The third-order valence-corrected chi connectivity index (χ3v) is 5.14. The zero-order valence-electron chi connectivity index (χ0n) is 10.5. The quantitative estimate of drug-likeness (QED) is 0.454. The molecule has 0 bridgehead atoms. The van der Waals surface area contributed by atoms with E-state index in [4.69, 9.17) is 4.84 Å². The summed E-state index contributed by atoms with van der Waals surface area (Å²) in [7, 11) is 3.19. The van der Waals surface area contributed by atoms with Crippen LogP contribution >= 0.6 is 15.9 Å². The van der Waals surface area contributed by atoms with Gasteiger partial charge in [-0.2, -0.15) is 0 Å². The van der Waals surface area contributed by atoms with Crippen molar-refractivity contribution in [1.29, 1.82) is 0 Å². The number of rotatable bonds is 3. The number of hydroxylamine groups is 2. The van der Waals surface area contributed by atoms with Crippen molar-refractivity contribution < 1.29 is 9.63 Å². The average Bonchev–Trinajstić information content (AvgIpc) is 2.41. The molecule has 16 heavy (non-hydrogen) atoms. The van der Waals surface area contributed by atoms with Gasteiger partial charge in [0.25, 0.3) is 0 Å². The average molecular weight is 292 g/mol. The Balaban J connectivity index is 2.63. The van der Waals surface area contributed by atoms with E-state index in [0.29, 0.717) is 12.3 Å². The van der Waals surface area contributed by atoms with Gasteiger partial charge in [-0.1, -0.05) is 42.1 Å². The van der Waals surface area contributed by atoms with Gasteiger partial charge in [0, 0.05) is 17.8 Å². The first kappa shape index (κ1) is 14.0. The van der Waals surface area contributed by atoms with Crippen LogP contribution in [-0.2, 0) is 9.63 Å². The molecule has 0 radical (unpaired) electrons. The van der Waals surface area contributed by atoms with Crippen molar-refractivity contribution in [2.75, 3.05) is 14.2 Å². The fourth-order valence-electron chi connectivity index (χ4n) is 2.28. The Morgan fingerprint density at radius 3 is 2.81 bits per heavy atom. The molecule has 0 aliphatic heterocycles. The second-order valence-corrected chi connectivity index (χ2v) is 6.36. The van der Waals surface area contributed by atoms with Gasteiger partial charge >= 0.3 is 0 Å². The summed E-state index contributed by atoms with van der Waals surface area (Å²) >= 11 is 3.81. The highest BCUT2D eigenvalue weighted by molar-refractivity contribution is 9.10. The fourth-order valence-corrected chi connectivity index (χ4v) is 3.03. The Morgan fingerprint density at radius 2 is 2.19 bits per heavy atom. The Hall–Kier alpha value is -0.0900. The molecule has 2 atom stereocenters. The molecule has 1 aliphatic rings. The number of amides is 1. The molecule has 1 saturated carbocycles. The van der Waals surface area contributed by atoms with Crippen LogP contribution in [0.1, 0.15) is 45.4 Å². The first-order valence-electron chi connectivity index (χ1n) is 5.99. The van der Waals surface area contributed by atoms with Gasteiger partial charge < -0.3 is 0 Å². The van der Waals surface area contributed by atoms with Crippen LogP contribution in [0.5, 0.6) is 0 Å². The van der Waals surface area contributed by atoms with E-state index in [0.717, 1.165) is 6.42 Å². The summed E-state index contributed by atoms with van der Waals surface area (Å²) in [5.41, 5.74) is 0. The Labute approximate surface area is 107 Å². The minimum absolute atomic E-state index is 0.0344. The zero-order valence-corrected chi connectivity index (χ0v) is 12.0. The summed E-state index contributed by atoms with van der Waals surface area (Å²) in [5.74, 6) is 0.595. The molecule has 1 aliphatic carbocycles. The minimum Gasteiger partial charge on any atom is -0.275 e. The molecule has 0 aromatic rings. The van der Waals surface area contributed by atoms with E-state index in [2.05, 4.69) is 22.9 Å². The van der Waals surface area contributed by atoms with Crippen LogP contribution in [0.3, 0.4) is 0 Å². The van der Waals surface area contributed by atoms with E-state index < -0.39 is 0 Å². The van der Waals surface area contributed by atoms with Crippen molar-refractivity contribution >= 4 is 21.8 Å². The van der Waals surface area contributed by atoms with Gasteiger partial charge in [-0.05, 0) is 18.8 Å². The second-order valence-electron chi connectivity index (χ2n) is 4.79. The van der Waals surface area contributed by atoms with E-state index in [1.54, 1.807) is 7.05 Å². The van der Waals surface area contributed by atoms with E-state index in [1.165, 1.54) is 37.9 Å². The van der Waals surface area contributed by atoms with Gasteiger partial charge in [0.15, 0.2) is 0 Å². The van der Waals surface area contributed by atoms with Gasteiger partial charge in [0.05, 0.1) is 7.11 Å². The normalized spacial score (nSPS) is 30.9. The molecule has 0 N–H and O–H groups in total. The zero-order chi connectivity index (χ0) is 12.2.